The lowest BCUT2D eigenvalue weighted by molar-refractivity contribution is -0.421. The predicted molar refractivity (Wildman–Crippen MR) is 84.6 cm³/mol. The van der Waals surface area contributed by atoms with E-state index >= 15 is 0 Å². The van der Waals surface area contributed by atoms with Gasteiger partial charge in [-0.25, -0.2) is 9.59 Å². The summed E-state index contributed by atoms with van der Waals surface area (Å²) >= 11 is 0. The topological polar surface area (TPSA) is 71.1 Å². The first-order chi connectivity index (χ1) is 11.7. The number of benzene rings is 2. The maximum absolute atomic E-state index is 11.8. The molecule has 0 aliphatic rings. The quantitative estimate of drug-likeness (QED) is 0.418. The highest BCUT2D eigenvalue weighted by molar-refractivity contribution is 5.89. The Labute approximate surface area is 139 Å². The summed E-state index contributed by atoms with van der Waals surface area (Å²) in [7, 11) is 0. The molecular formula is C18H18O6. The Morgan fingerprint density at radius 2 is 1.21 bits per heavy atom. The van der Waals surface area contributed by atoms with Crippen LogP contribution in [0.5, 0.6) is 0 Å². The maximum Gasteiger partial charge on any atom is 0.373 e. The highest BCUT2D eigenvalue weighted by atomic mass is 17.3. The Hall–Kier alpha value is -2.70. The minimum absolute atomic E-state index is 0.342. The molecule has 0 unspecified atom stereocenters. The fraction of sp³-hybridized carbons (Fsp3) is 0.222. The van der Waals surface area contributed by atoms with E-state index in [1.807, 2.05) is 6.92 Å². The summed E-state index contributed by atoms with van der Waals surface area (Å²) < 4.78 is 0. The van der Waals surface area contributed by atoms with Gasteiger partial charge in [-0.05, 0) is 24.3 Å². The third kappa shape index (κ3) is 5.49. The van der Waals surface area contributed by atoms with Crippen molar-refractivity contribution in [1.29, 1.82) is 0 Å². The lowest BCUT2D eigenvalue weighted by Crippen LogP contribution is -2.22. The first-order valence-electron chi connectivity index (χ1n) is 7.56. The number of carbonyl (C=O) groups is 2. The van der Waals surface area contributed by atoms with Crippen LogP contribution in [-0.4, -0.2) is 18.2 Å². The van der Waals surface area contributed by atoms with E-state index in [1.54, 1.807) is 60.7 Å². The van der Waals surface area contributed by atoms with Gasteiger partial charge in [0.2, 0.25) is 6.29 Å². The van der Waals surface area contributed by atoms with Crippen molar-refractivity contribution < 1.29 is 29.1 Å². The summed E-state index contributed by atoms with van der Waals surface area (Å²) in [6.07, 6.45) is 0.0518. The summed E-state index contributed by atoms with van der Waals surface area (Å²) in [6, 6.07) is 16.8. The van der Waals surface area contributed by atoms with Gasteiger partial charge in [0, 0.05) is 6.42 Å². The summed E-state index contributed by atoms with van der Waals surface area (Å²) in [5.74, 6) is -1.32. The van der Waals surface area contributed by atoms with Crippen LogP contribution in [0.15, 0.2) is 60.7 Å². The van der Waals surface area contributed by atoms with Crippen molar-refractivity contribution in [3.63, 3.8) is 0 Å². The predicted octanol–water partition coefficient (Wildman–Crippen LogP) is 3.69. The van der Waals surface area contributed by atoms with E-state index < -0.39 is 18.2 Å². The van der Waals surface area contributed by atoms with Gasteiger partial charge in [0.25, 0.3) is 0 Å². The van der Waals surface area contributed by atoms with Crippen molar-refractivity contribution in [3.8, 4) is 0 Å². The zero-order chi connectivity index (χ0) is 17.2. The van der Waals surface area contributed by atoms with E-state index in [-0.39, 0.29) is 0 Å². The molecule has 0 atom stereocenters. The molecule has 0 heterocycles. The van der Waals surface area contributed by atoms with Crippen LogP contribution in [0.3, 0.4) is 0 Å². The van der Waals surface area contributed by atoms with E-state index in [0.29, 0.717) is 24.0 Å². The molecule has 0 radical (unpaired) electrons. The molecule has 6 nitrogen and oxygen atoms in total. The van der Waals surface area contributed by atoms with Crippen molar-refractivity contribution in [1.82, 2.24) is 0 Å². The van der Waals surface area contributed by atoms with Gasteiger partial charge in [-0.3, -0.25) is 9.78 Å². The lowest BCUT2D eigenvalue weighted by atomic mass is 10.2. The zero-order valence-corrected chi connectivity index (χ0v) is 13.2. The second-order valence-corrected chi connectivity index (χ2v) is 4.88. The van der Waals surface area contributed by atoms with Crippen LogP contribution in [0.25, 0.3) is 0 Å². The van der Waals surface area contributed by atoms with E-state index in [1.165, 1.54) is 0 Å². The largest absolute Gasteiger partial charge is 0.373 e. The third-order valence-electron chi connectivity index (χ3n) is 3.01. The molecule has 0 fully saturated rings. The Kier molecular flexibility index (Phi) is 6.94. The van der Waals surface area contributed by atoms with Gasteiger partial charge < -0.3 is 0 Å². The lowest BCUT2D eigenvalue weighted by Gasteiger charge is -2.14. The molecule has 0 N–H and O–H groups in total. The standard InChI is InChI=1S/C18H18O6/c1-2-9-16(21-23-17(19)14-10-5-3-6-11-14)22-24-18(20)15-12-7-4-8-13-15/h3-8,10-13,16H,2,9H2,1H3. The first-order valence-corrected chi connectivity index (χ1v) is 7.56. The fourth-order valence-electron chi connectivity index (χ4n) is 1.79. The summed E-state index contributed by atoms with van der Waals surface area (Å²) in [5.41, 5.74) is 0.683. The second kappa shape index (κ2) is 9.44. The number of hydrogen-bond acceptors (Lipinski definition) is 6. The van der Waals surface area contributed by atoms with Crippen molar-refractivity contribution in [2.75, 3.05) is 0 Å². The van der Waals surface area contributed by atoms with Crippen LogP contribution in [0.1, 0.15) is 40.5 Å². The van der Waals surface area contributed by atoms with Gasteiger partial charge in [0.1, 0.15) is 0 Å². The van der Waals surface area contributed by atoms with Gasteiger partial charge in [0.15, 0.2) is 0 Å². The molecule has 0 saturated carbocycles. The highest BCUT2D eigenvalue weighted by Crippen LogP contribution is 2.10. The number of hydrogen-bond donors (Lipinski definition) is 0. The van der Waals surface area contributed by atoms with Crippen molar-refractivity contribution in [2.24, 2.45) is 0 Å². The Balaban J connectivity index is 1.83. The van der Waals surface area contributed by atoms with Crippen molar-refractivity contribution in [2.45, 2.75) is 26.1 Å². The van der Waals surface area contributed by atoms with E-state index in [4.69, 9.17) is 19.6 Å². The average Bonchev–Trinajstić information content (AvgIpc) is 2.65. The molecule has 2 aromatic rings. The molecule has 126 valence electrons. The second-order valence-electron chi connectivity index (χ2n) is 4.88. The van der Waals surface area contributed by atoms with Gasteiger partial charge in [-0.15, -0.1) is 9.78 Å². The van der Waals surface area contributed by atoms with Gasteiger partial charge in [0.05, 0.1) is 11.1 Å². The molecule has 0 aliphatic carbocycles. The monoisotopic (exact) mass is 330 g/mol. The van der Waals surface area contributed by atoms with Crippen LogP contribution >= 0.6 is 0 Å². The van der Waals surface area contributed by atoms with Crippen molar-refractivity contribution >= 4 is 11.9 Å². The fourth-order valence-corrected chi connectivity index (χ4v) is 1.79. The molecular weight excluding hydrogens is 312 g/mol. The third-order valence-corrected chi connectivity index (χ3v) is 3.01. The number of carbonyl (C=O) groups excluding carboxylic acids is 2. The molecule has 24 heavy (non-hydrogen) atoms. The molecule has 0 amide bonds. The molecule has 2 rings (SSSR count). The van der Waals surface area contributed by atoms with Crippen LogP contribution in [0.4, 0.5) is 0 Å². The summed E-state index contributed by atoms with van der Waals surface area (Å²) in [5, 5.41) is 0. The highest BCUT2D eigenvalue weighted by Gasteiger charge is 2.18. The van der Waals surface area contributed by atoms with Crippen LogP contribution in [0.2, 0.25) is 0 Å². The van der Waals surface area contributed by atoms with Gasteiger partial charge in [-0.2, -0.15) is 0 Å². The zero-order valence-electron chi connectivity index (χ0n) is 13.2. The molecule has 0 bridgehead atoms. The van der Waals surface area contributed by atoms with Crippen LogP contribution < -0.4 is 0 Å². The Morgan fingerprint density at radius 3 is 1.58 bits per heavy atom. The van der Waals surface area contributed by atoms with Crippen molar-refractivity contribution in [3.05, 3.63) is 71.8 Å². The first kappa shape index (κ1) is 17.7. The molecule has 2 aromatic carbocycles. The Bertz CT molecular complexity index is 586. The molecule has 0 aromatic heterocycles. The smallest absolute Gasteiger partial charge is 0.290 e. The average molecular weight is 330 g/mol. The Morgan fingerprint density at radius 1 is 0.792 bits per heavy atom. The molecule has 6 heteroatoms. The maximum atomic E-state index is 11.8. The van der Waals surface area contributed by atoms with E-state index in [9.17, 15) is 9.59 Å². The molecule has 0 aliphatic heterocycles. The van der Waals surface area contributed by atoms with Gasteiger partial charge in [-0.1, -0.05) is 49.7 Å². The number of rotatable bonds is 8. The summed E-state index contributed by atoms with van der Waals surface area (Å²) in [6.45, 7) is 1.89. The minimum Gasteiger partial charge on any atom is -0.290 e. The SMILES string of the molecule is CCCC(OOC(=O)c1ccccc1)OOC(=O)c1ccccc1. The molecule has 0 saturated heterocycles. The van der Waals surface area contributed by atoms with Crippen LogP contribution in [-0.2, 0) is 19.6 Å². The summed E-state index contributed by atoms with van der Waals surface area (Å²) in [4.78, 5) is 42.9. The van der Waals surface area contributed by atoms with Gasteiger partial charge >= 0.3 is 11.9 Å². The van der Waals surface area contributed by atoms with E-state index in [2.05, 4.69) is 0 Å². The van der Waals surface area contributed by atoms with Crippen LogP contribution in [0, 0.1) is 0 Å². The normalized spacial score (nSPS) is 10.4. The van der Waals surface area contributed by atoms with E-state index in [0.717, 1.165) is 0 Å². The molecule has 0 spiro atoms. The minimum atomic E-state index is -1.00.